The van der Waals surface area contributed by atoms with Gasteiger partial charge in [-0.2, -0.15) is 0 Å². The summed E-state index contributed by atoms with van der Waals surface area (Å²) >= 11 is 0. The van der Waals surface area contributed by atoms with E-state index in [0.717, 1.165) is 5.76 Å². The van der Waals surface area contributed by atoms with Crippen LogP contribution in [-0.4, -0.2) is 24.8 Å². The first kappa shape index (κ1) is 14.7. The summed E-state index contributed by atoms with van der Waals surface area (Å²) in [7, 11) is -3.46. The first-order chi connectivity index (χ1) is 10.5. The van der Waals surface area contributed by atoms with Crippen LogP contribution < -0.4 is 4.72 Å². The molecule has 0 spiro atoms. The molecule has 2 heterocycles. The zero-order valence-corrected chi connectivity index (χ0v) is 12.7. The average molecular weight is 321 g/mol. The molecule has 2 aromatic heterocycles. The molecule has 0 aliphatic rings. The van der Waals surface area contributed by atoms with Crippen molar-refractivity contribution in [2.45, 2.75) is 25.1 Å². The van der Waals surface area contributed by atoms with Crippen LogP contribution in [0, 0.1) is 0 Å². The molecule has 1 atom stereocenters. The van der Waals surface area contributed by atoms with E-state index in [0.29, 0.717) is 23.0 Å². The van der Waals surface area contributed by atoms with Gasteiger partial charge >= 0.3 is 0 Å². The van der Waals surface area contributed by atoms with Gasteiger partial charge in [-0.3, -0.25) is 0 Å². The number of sulfonamides is 1. The first-order valence-electron chi connectivity index (χ1n) is 6.75. The van der Waals surface area contributed by atoms with E-state index in [9.17, 15) is 8.42 Å². The van der Waals surface area contributed by atoms with Crippen molar-refractivity contribution in [1.29, 1.82) is 0 Å². The summed E-state index contributed by atoms with van der Waals surface area (Å²) < 4.78 is 36.9. The second-order valence-corrected chi connectivity index (χ2v) is 6.90. The van der Waals surface area contributed by atoms with Crippen LogP contribution in [-0.2, 0) is 22.2 Å². The van der Waals surface area contributed by atoms with Gasteiger partial charge in [0.15, 0.2) is 0 Å². The molecule has 3 aromatic rings. The van der Waals surface area contributed by atoms with Gasteiger partial charge in [0.1, 0.15) is 16.8 Å². The molecule has 0 radical (unpaired) electrons. The Morgan fingerprint density at radius 2 is 2.05 bits per heavy atom. The van der Waals surface area contributed by atoms with Crippen LogP contribution in [0.25, 0.3) is 11.0 Å². The fourth-order valence-electron chi connectivity index (χ4n) is 2.26. The molecule has 3 rings (SSSR count). The van der Waals surface area contributed by atoms with Gasteiger partial charge < -0.3 is 4.42 Å². The minimum Gasteiger partial charge on any atom is -0.469 e. The molecule has 1 unspecified atom stereocenters. The molecule has 1 aromatic carbocycles. The largest absolute Gasteiger partial charge is 0.469 e. The van der Waals surface area contributed by atoms with Gasteiger partial charge in [-0.05, 0) is 47.1 Å². The number of aromatic nitrogens is 2. The van der Waals surface area contributed by atoms with Crippen LogP contribution in [0.15, 0.2) is 45.6 Å². The molecule has 0 aliphatic carbocycles. The number of nitrogens with zero attached hydrogens (tertiary/aromatic N) is 2. The summed E-state index contributed by atoms with van der Waals surface area (Å²) in [6.07, 6.45) is 2.07. The Morgan fingerprint density at radius 3 is 2.82 bits per heavy atom. The molecule has 22 heavy (non-hydrogen) atoms. The van der Waals surface area contributed by atoms with Gasteiger partial charge in [-0.25, -0.2) is 17.8 Å². The Labute approximate surface area is 127 Å². The molecule has 7 nitrogen and oxygen atoms in total. The van der Waals surface area contributed by atoms with E-state index in [1.54, 1.807) is 37.5 Å². The third-order valence-corrected chi connectivity index (χ3v) is 4.62. The molecule has 8 heteroatoms. The van der Waals surface area contributed by atoms with Crippen molar-refractivity contribution in [2.75, 3.05) is 0 Å². The van der Waals surface area contributed by atoms with E-state index in [2.05, 4.69) is 19.7 Å². The Bertz CT molecular complexity index is 855. The van der Waals surface area contributed by atoms with Crippen LogP contribution >= 0.6 is 0 Å². The van der Waals surface area contributed by atoms with Crippen LogP contribution in [0.2, 0.25) is 0 Å². The predicted octanol–water partition coefficient (Wildman–Crippen LogP) is 1.87. The van der Waals surface area contributed by atoms with Gasteiger partial charge in [0.25, 0.3) is 0 Å². The lowest BCUT2D eigenvalue weighted by atomic mass is 10.2. The molecular weight excluding hydrogens is 306 g/mol. The van der Waals surface area contributed by atoms with E-state index in [-0.39, 0.29) is 11.8 Å². The maximum atomic E-state index is 12.2. The highest BCUT2D eigenvalue weighted by Crippen LogP contribution is 2.14. The second-order valence-electron chi connectivity index (χ2n) is 5.15. The van der Waals surface area contributed by atoms with Gasteiger partial charge in [-0.15, -0.1) is 0 Å². The average Bonchev–Trinajstić information content (AvgIpc) is 3.07. The second kappa shape index (κ2) is 5.90. The predicted molar refractivity (Wildman–Crippen MR) is 79.4 cm³/mol. The number of benzene rings is 1. The third kappa shape index (κ3) is 3.52. The van der Waals surface area contributed by atoms with Gasteiger partial charge in [0.05, 0.1) is 12.0 Å². The zero-order chi connectivity index (χ0) is 15.6. The summed E-state index contributed by atoms with van der Waals surface area (Å²) in [5.74, 6) is 0.614. The summed E-state index contributed by atoms with van der Waals surface area (Å²) in [6.45, 7) is 1.80. The number of fused-ring (bicyclic) bond motifs is 1. The standard InChI is InChI=1S/C14H15N3O4S/c1-10(7-12-3-2-6-20-12)17-22(18,19)9-11-4-5-13-14(8-11)16-21-15-13/h2-6,8,10,17H,7,9H2,1H3. The Balaban J connectivity index is 1.67. The van der Waals surface area contributed by atoms with Crippen LogP contribution in [0.5, 0.6) is 0 Å². The Hall–Kier alpha value is -2.19. The molecule has 116 valence electrons. The summed E-state index contributed by atoms with van der Waals surface area (Å²) in [5, 5.41) is 7.39. The van der Waals surface area contributed by atoms with E-state index >= 15 is 0 Å². The molecule has 0 aliphatic heterocycles. The number of rotatable bonds is 6. The van der Waals surface area contributed by atoms with Gasteiger partial charge in [0, 0.05) is 12.5 Å². The molecule has 0 saturated heterocycles. The lowest BCUT2D eigenvalue weighted by Gasteiger charge is -2.13. The Morgan fingerprint density at radius 1 is 1.23 bits per heavy atom. The fraction of sp³-hybridized carbons (Fsp3) is 0.286. The molecule has 0 bridgehead atoms. The quantitative estimate of drug-likeness (QED) is 0.744. The normalized spacial score (nSPS) is 13.5. The lowest BCUT2D eigenvalue weighted by molar-refractivity contribution is 0.315. The maximum Gasteiger partial charge on any atom is 0.216 e. The monoisotopic (exact) mass is 321 g/mol. The third-order valence-electron chi connectivity index (χ3n) is 3.14. The van der Waals surface area contributed by atoms with Crippen molar-refractivity contribution in [3.63, 3.8) is 0 Å². The molecule has 0 fully saturated rings. The number of furan rings is 1. The number of nitrogens with one attached hydrogen (secondary N) is 1. The van der Waals surface area contributed by atoms with Crippen molar-refractivity contribution >= 4 is 21.1 Å². The number of hydrogen-bond donors (Lipinski definition) is 1. The van der Waals surface area contributed by atoms with Gasteiger partial charge in [0.2, 0.25) is 10.0 Å². The highest BCUT2D eigenvalue weighted by molar-refractivity contribution is 7.88. The molecule has 1 N–H and O–H groups in total. The molecule has 0 amide bonds. The Kier molecular flexibility index (Phi) is 3.95. The van der Waals surface area contributed by atoms with Crippen LogP contribution in [0.1, 0.15) is 18.2 Å². The highest BCUT2D eigenvalue weighted by Gasteiger charge is 2.17. The van der Waals surface area contributed by atoms with Gasteiger partial charge in [-0.1, -0.05) is 6.07 Å². The summed E-state index contributed by atoms with van der Waals surface area (Å²) in [6, 6.07) is 8.37. The smallest absolute Gasteiger partial charge is 0.216 e. The van der Waals surface area contributed by atoms with Crippen LogP contribution in [0.4, 0.5) is 0 Å². The maximum absolute atomic E-state index is 12.2. The first-order valence-corrected chi connectivity index (χ1v) is 8.41. The van der Waals surface area contributed by atoms with Crippen molar-refractivity contribution in [3.8, 4) is 0 Å². The highest BCUT2D eigenvalue weighted by atomic mass is 32.2. The number of hydrogen-bond acceptors (Lipinski definition) is 6. The fourth-order valence-corrected chi connectivity index (χ4v) is 3.66. The van der Waals surface area contributed by atoms with Crippen molar-refractivity contribution in [2.24, 2.45) is 0 Å². The SMILES string of the molecule is CC(Cc1ccco1)NS(=O)(=O)Cc1ccc2nonc2c1. The summed E-state index contributed by atoms with van der Waals surface area (Å²) in [5.41, 5.74) is 1.76. The molecular formula is C14H15N3O4S. The van der Waals surface area contributed by atoms with E-state index < -0.39 is 10.0 Å². The van der Waals surface area contributed by atoms with Crippen LogP contribution in [0.3, 0.4) is 0 Å². The van der Waals surface area contributed by atoms with Crippen molar-refractivity contribution in [3.05, 3.63) is 47.9 Å². The van der Waals surface area contributed by atoms with E-state index in [1.165, 1.54) is 0 Å². The topological polar surface area (TPSA) is 98.2 Å². The lowest BCUT2D eigenvalue weighted by Crippen LogP contribution is -2.34. The van der Waals surface area contributed by atoms with E-state index in [1.807, 2.05) is 6.07 Å². The molecule has 0 saturated carbocycles. The van der Waals surface area contributed by atoms with Crippen molar-refractivity contribution < 1.29 is 17.5 Å². The van der Waals surface area contributed by atoms with E-state index in [4.69, 9.17) is 4.42 Å². The van der Waals surface area contributed by atoms with Crippen molar-refractivity contribution in [1.82, 2.24) is 15.0 Å². The summed E-state index contributed by atoms with van der Waals surface area (Å²) in [4.78, 5) is 0. The minimum absolute atomic E-state index is 0.127. The zero-order valence-electron chi connectivity index (χ0n) is 11.9. The minimum atomic E-state index is -3.46.